The molecule has 0 bridgehead atoms. The highest BCUT2D eigenvalue weighted by Gasteiger charge is 2.13. The number of hydrogen-bond acceptors (Lipinski definition) is 3. The highest BCUT2D eigenvalue weighted by Crippen LogP contribution is 2.29. The Bertz CT molecular complexity index is 1020. The largest absolute Gasteiger partial charge is 0.299 e. The molecule has 7 heteroatoms. The van der Waals surface area contributed by atoms with Crippen molar-refractivity contribution in [1.29, 1.82) is 0 Å². The highest BCUT2D eigenvalue weighted by atomic mass is 35.5. The number of benzene rings is 1. The van der Waals surface area contributed by atoms with E-state index in [1.807, 2.05) is 29.8 Å². The van der Waals surface area contributed by atoms with Crippen LogP contribution in [0.1, 0.15) is 5.69 Å². The number of aromatic nitrogens is 5. The zero-order chi connectivity index (χ0) is 16.0. The van der Waals surface area contributed by atoms with Crippen molar-refractivity contribution in [2.45, 2.75) is 6.92 Å². The van der Waals surface area contributed by atoms with Crippen molar-refractivity contribution in [2.24, 2.45) is 0 Å². The van der Waals surface area contributed by atoms with E-state index in [0.717, 1.165) is 22.3 Å². The molecule has 0 saturated heterocycles. The van der Waals surface area contributed by atoms with Crippen LogP contribution in [0.5, 0.6) is 0 Å². The number of nitrogens with zero attached hydrogens (tertiary/aromatic N) is 4. The zero-order valence-electron chi connectivity index (χ0n) is 12.1. The quantitative estimate of drug-likeness (QED) is 0.568. The van der Waals surface area contributed by atoms with Crippen LogP contribution < -0.4 is 0 Å². The second kappa shape index (κ2) is 5.17. The number of aromatic amines is 1. The smallest absolute Gasteiger partial charge is 0.213 e. The van der Waals surface area contributed by atoms with Gasteiger partial charge >= 0.3 is 0 Å². The summed E-state index contributed by atoms with van der Waals surface area (Å²) in [4.78, 5) is 8.08. The second-order valence-electron chi connectivity index (χ2n) is 5.20. The normalized spacial score (nSPS) is 11.3. The molecule has 0 unspecified atom stereocenters. The van der Waals surface area contributed by atoms with E-state index in [1.165, 1.54) is 12.3 Å². The van der Waals surface area contributed by atoms with Gasteiger partial charge in [0.2, 0.25) is 5.95 Å². The third kappa shape index (κ3) is 2.37. The van der Waals surface area contributed by atoms with Crippen molar-refractivity contribution in [2.75, 3.05) is 0 Å². The summed E-state index contributed by atoms with van der Waals surface area (Å²) in [7, 11) is 0. The first kappa shape index (κ1) is 13.9. The number of hydrogen-bond donors (Lipinski definition) is 1. The van der Waals surface area contributed by atoms with Crippen LogP contribution in [-0.2, 0) is 0 Å². The van der Waals surface area contributed by atoms with Gasteiger partial charge in [0.25, 0.3) is 0 Å². The summed E-state index contributed by atoms with van der Waals surface area (Å²) in [5.41, 5.74) is 3.08. The number of aryl methyl sites for hydroxylation is 1. The van der Waals surface area contributed by atoms with E-state index in [-0.39, 0.29) is 0 Å². The zero-order valence-corrected chi connectivity index (χ0v) is 12.8. The van der Waals surface area contributed by atoms with Gasteiger partial charge in [0.15, 0.2) is 0 Å². The molecule has 0 spiro atoms. The fourth-order valence-corrected chi connectivity index (χ4v) is 2.84. The van der Waals surface area contributed by atoms with Crippen molar-refractivity contribution in [3.63, 3.8) is 0 Å². The molecule has 4 aromatic rings. The fourth-order valence-electron chi connectivity index (χ4n) is 2.58. The van der Waals surface area contributed by atoms with Gasteiger partial charge in [-0.3, -0.25) is 9.67 Å². The van der Waals surface area contributed by atoms with E-state index in [2.05, 4.69) is 20.2 Å². The van der Waals surface area contributed by atoms with Gasteiger partial charge in [-0.1, -0.05) is 11.6 Å². The minimum Gasteiger partial charge on any atom is -0.299 e. The Morgan fingerprint density at radius 2 is 2.13 bits per heavy atom. The van der Waals surface area contributed by atoms with Crippen LogP contribution in [0.25, 0.3) is 28.0 Å². The second-order valence-corrected chi connectivity index (χ2v) is 5.61. The Hall–Kier alpha value is -2.73. The molecular weight excluding hydrogens is 317 g/mol. The monoisotopic (exact) mass is 327 g/mol. The maximum atomic E-state index is 13.4. The number of imidazole rings is 1. The van der Waals surface area contributed by atoms with Crippen molar-refractivity contribution < 1.29 is 4.39 Å². The first-order valence-corrected chi connectivity index (χ1v) is 7.30. The summed E-state index contributed by atoms with van der Waals surface area (Å²) < 4.78 is 15.3. The number of nitrogens with one attached hydrogen (secondary N) is 1. The molecule has 0 aliphatic carbocycles. The lowest BCUT2D eigenvalue weighted by atomic mass is 10.2. The Kier molecular flexibility index (Phi) is 3.12. The minimum atomic E-state index is -0.543. The Morgan fingerprint density at radius 3 is 2.96 bits per heavy atom. The molecule has 0 atom stereocenters. The number of halogens is 2. The summed E-state index contributed by atoms with van der Waals surface area (Å²) >= 11 is 6.31. The molecule has 114 valence electrons. The molecule has 0 amide bonds. The predicted octanol–water partition coefficient (Wildman–Crippen LogP) is 3.91. The molecule has 23 heavy (non-hydrogen) atoms. The summed E-state index contributed by atoms with van der Waals surface area (Å²) in [5, 5.41) is 8.32. The Morgan fingerprint density at radius 1 is 1.26 bits per heavy atom. The molecule has 0 saturated carbocycles. The minimum absolute atomic E-state index is 0.543. The molecule has 0 radical (unpaired) electrons. The van der Waals surface area contributed by atoms with Crippen LogP contribution in [0.15, 0.2) is 42.9 Å². The highest BCUT2D eigenvalue weighted by molar-refractivity contribution is 6.35. The van der Waals surface area contributed by atoms with Crippen LogP contribution in [0, 0.1) is 12.9 Å². The lowest BCUT2D eigenvalue weighted by molar-refractivity contribution is 0.584. The topological polar surface area (TPSA) is 59.4 Å². The van der Waals surface area contributed by atoms with E-state index < -0.39 is 5.95 Å². The van der Waals surface area contributed by atoms with Crippen LogP contribution in [0.4, 0.5) is 4.39 Å². The maximum Gasteiger partial charge on any atom is 0.213 e. The van der Waals surface area contributed by atoms with Gasteiger partial charge in [0.05, 0.1) is 22.4 Å². The molecule has 4 rings (SSSR count). The predicted molar refractivity (Wildman–Crippen MR) is 86.2 cm³/mol. The van der Waals surface area contributed by atoms with Crippen LogP contribution in [0.3, 0.4) is 0 Å². The molecule has 1 aromatic carbocycles. The molecular formula is C16H11ClFN5. The Balaban J connectivity index is 1.94. The molecule has 1 N–H and O–H groups in total. The van der Waals surface area contributed by atoms with Crippen molar-refractivity contribution >= 4 is 22.5 Å². The van der Waals surface area contributed by atoms with Gasteiger partial charge in [-0.25, -0.2) is 9.97 Å². The number of fused-ring (bicyclic) bond motifs is 1. The van der Waals surface area contributed by atoms with E-state index in [1.54, 1.807) is 12.3 Å². The lowest BCUT2D eigenvalue weighted by Gasteiger charge is -2.09. The molecule has 0 fully saturated rings. The standard InChI is InChI=1S/C16H11ClFN5/c1-9-8-23(16(21-9)10-2-3-19-14(18)5-10)12-4-11-7-20-22-15(11)13(17)6-12/h2-8H,1H3,(H,20,22). The molecule has 3 heterocycles. The van der Waals surface area contributed by atoms with E-state index in [0.29, 0.717) is 16.4 Å². The van der Waals surface area contributed by atoms with E-state index in [9.17, 15) is 4.39 Å². The van der Waals surface area contributed by atoms with Gasteiger partial charge in [0, 0.05) is 35.1 Å². The van der Waals surface area contributed by atoms with Gasteiger partial charge in [-0.15, -0.1) is 0 Å². The van der Waals surface area contributed by atoms with Gasteiger partial charge in [0.1, 0.15) is 5.82 Å². The summed E-state index contributed by atoms with van der Waals surface area (Å²) in [6, 6.07) is 6.85. The third-order valence-corrected chi connectivity index (χ3v) is 3.87. The average Bonchev–Trinajstić information content (AvgIpc) is 3.13. The van der Waals surface area contributed by atoms with Crippen LogP contribution >= 0.6 is 11.6 Å². The van der Waals surface area contributed by atoms with Gasteiger partial charge in [-0.05, 0) is 25.1 Å². The maximum absolute atomic E-state index is 13.4. The van der Waals surface area contributed by atoms with Crippen molar-refractivity contribution in [3.05, 3.63) is 59.5 Å². The van der Waals surface area contributed by atoms with Crippen molar-refractivity contribution in [3.8, 4) is 17.1 Å². The molecule has 0 aliphatic heterocycles. The average molecular weight is 328 g/mol. The third-order valence-electron chi connectivity index (χ3n) is 3.57. The molecule has 5 nitrogen and oxygen atoms in total. The molecule has 0 aliphatic rings. The Labute approximate surface area is 135 Å². The van der Waals surface area contributed by atoms with Gasteiger partial charge < -0.3 is 0 Å². The van der Waals surface area contributed by atoms with Crippen LogP contribution in [0.2, 0.25) is 5.02 Å². The summed E-state index contributed by atoms with van der Waals surface area (Å²) in [6.07, 6.45) is 5.01. The van der Waals surface area contributed by atoms with Crippen LogP contribution in [-0.4, -0.2) is 24.7 Å². The summed E-state index contributed by atoms with van der Waals surface area (Å²) in [5.74, 6) is 0.0840. The van der Waals surface area contributed by atoms with E-state index >= 15 is 0 Å². The van der Waals surface area contributed by atoms with Crippen molar-refractivity contribution in [1.82, 2.24) is 24.7 Å². The lowest BCUT2D eigenvalue weighted by Crippen LogP contribution is -1.97. The first-order valence-electron chi connectivity index (χ1n) is 6.93. The number of H-pyrrole nitrogens is 1. The van der Waals surface area contributed by atoms with Gasteiger partial charge in [-0.2, -0.15) is 9.49 Å². The summed E-state index contributed by atoms with van der Waals surface area (Å²) in [6.45, 7) is 1.88. The fraction of sp³-hybridized carbons (Fsp3) is 0.0625. The number of rotatable bonds is 2. The first-order chi connectivity index (χ1) is 11.1. The number of pyridine rings is 1. The molecule has 3 aromatic heterocycles. The van der Waals surface area contributed by atoms with E-state index in [4.69, 9.17) is 11.6 Å². The SMILES string of the molecule is Cc1cn(-c2cc(Cl)c3[nH]ncc3c2)c(-c2ccnc(F)c2)n1.